The number of hydrogen-bond donors (Lipinski definition) is 2. The molecule has 0 fully saturated rings. The highest BCUT2D eigenvalue weighted by Crippen LogP contribution is 2.31. The van der Waals surface area contributed by atoms with Gasteiger partial charge in [0.25, 0.3) is 10.0 Å². The number of aromatic nitrogens is 1. The summed E-state index contributed by atoms with van der Waals surface area (Å²) in [5, 5.41) is 7.41. The lowest BCUT2D eigenvalue weighted by Crippen LogP contribution is -2.12. The maximum atomic E-state index is 14.2. The molecule has 0 amide bonds. The fourth-order valence-electron chi connectivity index (χ4n) is 3.36. The van der Waals surface area contributed by atoms with Crippen molar-refractivity contribution in [2.75, 3.05) is 12.4 Å². The van der Waals surface area contributed by atoms with Crippen molar-refractivity contribution in [2.24, 2.45) is 0 Å². The van der Waals surface area contributed by atoms with Gasteiger partial charge in [-0.15, -0.1) is 12.4 Å². The number of fused-ring (bicyclic) bond motifs is 1. The summed E-state index contributed by atoms with van der Waals surface area (Å²) < 4.78 is 42.2. The third kappa shape index (κ3) is 4.72. The molecule has 0 unspecified atom stereocenters. The summed E-state index contributed by atoms with van der Waals surface area (Å²) in [7, 11) is -2.12. The zero-order chi connectivity index (χ0) is 22.2. The zero-order valence-electron chi connectivity index (χ0n) is 16.8. The van der Waals surface area contributed by atoms with Crippen molar-refractivity contribution in [3.05, 3.63) is 88.3 Å². The number of anilines is 2. The second kappa shape index (κ2) is 9.68. The first-order valence-corrected chi connectivity index (χ1v) is 11.5. The lowest BCUT2D eigenvalue weighted by molar-refractivity contribution is 0.589. The van der Waals surface area contributed by atoms with Crippen molar-refractivity contribution in [3.63, 3.8) is 0 Å². The van der Waals surface area contributed by atoms with Crippen LogP contribution in [0.4, 0.5) is 15.8 Å². The number of nitrogens with zero attached hydrogens (tertiary/aromatic N) is 1. The van der Waals surface area contributed by atoms with Crippen LogP contribution in [-0.2, 0) is 16.6 Å². The van der Waals surface area contributed by atoms with Crippen LogP contribution in [-0.4, -0.2) is 19.4 Å². The van der Waals surface area contributed by atoms with Gasteiger partial charge in [0.15, 0.2) is 0 Å². The second-order valence-electron chi connectivity index (χ2n) is 6.92. The van der Waals surface area contributed by atoms with Crippen molar-refractivity contribution in [1.29, 1.82) is 0 Å². The summed E-state index contributed by atoms with van der Waals surface area (Å²) in [6.07, 6.45) is 1.59. The standard InChI is InChI=1S/C22H18Cl2FN3O2S.ClH/c1-26-12-14-13-28(31(29,30)18-4-2-3-15(23)9-18)22-11-17(6-7-19(14)22)27-21-8-5-16(24)10-20(21)25;/h2-11,13,26-27H,12H2,1H3;1H. The van der Waals surface area contributed by atoms with Gasteiger partial charge in [-0.1, -0.05) is 35.3 Å². The summed E-state index contributed by atoms with van der Waals surface area (Å²) >= 11 is 11.8. The van der Waals surface area contributed by atoms with E-state index in [1.54, 1.807) is 43.6 Å². The monoisotopic (exact) mass is 513 g/mol. The molecule has 0 aliphatic heterocycles. The molecule has 0 spiro atoms. The summed E-state index contributed by atoms with van der Waals surface area (Å²) in [6.45, 7) is 0.479. The highest BCUT2D eigenvalue weighted by molar-refractivity contribution is 7.90. The fraction of sp³-hybridized carbons (Fsp3) is 0.0909. The van der Waals surface area contributed by atoms with Crippen LogP contribution < -0.4 is 10.6 Å². The molecule has 0 radical (unpaired) electrons. The molecule has 0 bridgehead atoms. The van der Waals surface area contributed by atoms with Gasteiger partial charge in [-0.2, -0.15) is 0 Å². The van der Waals surface area contributed by atoms with Gasteiger partial charge in [0.1, 0.15) is 5.82 Å². The van der Waals surface area contributed by atoms with Crippen LogP contribution in [0.3, 0.4) is 0 Å². The Hall–Kier alpha value is -2.29. The van der Waals surface area contributed by atoms with E-state index in [0.717, 1.165) is 10.9 Å². The Kier molecular flexibility index (Phi) is 7.37. The first-order valence-electron chi connectivity index (χ1n) is 9.31. The lowest BCUT2D eigenvalue weighted by Gasteiger charge is -2.11. The molecule has 0 atom stereocenters. The number of rotatable bonds is 6. The van der Waals surface area contributed by atoms with E-state index in [1.807, 2.05) is 6.07 Å². The van der Waals surface area contributed by atoms with Crippen LogP contribution in [0.2, 0.25) is 10.0 Å². The Balaban J connectivity index is 0.00000289. The highest BCUT2D eigenvalue weighted by atomic mass is 35.5. The molecular formula is C22H19Cl3FN3O2S. The molecule has 4 rings (SSSR count). The Labute approximate surface area is 201 Å². The fourth-order valence-corrected chi connectivity index (χ4v) is 5.20. The maximum Gasteiger partial charge on any atom is 0.268 e. The van der Waals surface area contributed by atoms with Crippen LogP contribution in [0.25, 0.3) is 10.9 Å². The van der Waals surface area contributed by atoms with Gasteiger partial charge in [-0.25, -0.2) is 16.8 Å². The Morgan fingerprint density at radius 2 is 1.75 bits per heavy atom. The van der Waals surface area contributed by atoms with Crippen molar-refractivity contribution < 1.29 is 12.8 Å². The molecule has 3 aromatic carbocycles. The Morgan fingerprint density at radius 1 is 1.00 bits per heavy atom. The summed E-state index contributed by atoms with van der Waals surface area (Å²) in [6, 6.07) is 15.7. The van der Waals surface area contributed by atoms with E-state index in [9.17, 15) is 12.8 Å². The van der Waals surface area contributed by atoms with Gasteiger partial charge in [0.05, 0.1) is 16.1 Å². The molecule has 10 heteroatoms. The predicted molar refractivity (Wildman–Crippen MR) is 131 cm³/mol. The van der Waals surface area contributed by atoms with Gasteiger partial charge in [-0.05, 0) is 61.1 Å². The molecule has 1 aromatic heterocycles. The quantitative estimate of drug-likeness (QED) is 0.321. The maximum absolute atomic E-state index is 14.2. The third-order valence-electron chi connectivity index (χ3n) is 4.78. The minimum Gasteiger partial charge on any atom is -0.353 e. The average Bonchev–Trinajstić information content (AvgIpc) is 3.09. The molecule has 0 aliphatic carbocycles. The largest absolute Gasteiger partial charge is 0.353 e. The van der Waals surface area contributed by atoms with Crippen molar-refractivity contribution in [2.45, 2.75) is 11.4 Å². The predicted octanol–water partition coefficient (Wildman–Crippen LogP) is 6.21. The van der Waals surface area contributed by atoms with E-state index >= 15 is 0 Å². The van der Waals surface area contributed by atoms with Crippen LogP contribution >= 0.6 is 35.6 Å². The molecular weight excluding hydrogens is 496 g/mol. The zero-order valence-corrected chi connectivity index (χ0v) is 19.9. The molecule has 0 saturated carbocycles. The molecule has 2 N–H and O–H groups in total. The second-order valence-corrected chi connectivity index (χ2v) is 9.61. The normalized spacial score (nSPS) is 11.4. The first-order chi connectivity index (χ1) is 14.8. The van der Waals surface area contributed by atoms with Gasteiger partial charge < -0.3 is 10.6 Å². The first kappa shape index (κ1) is 24.4. The number of halogens is 4. The van der Waals surface area contributed by atoms with Crippen LogP contribution in [0.1, 0.15) is 5.56 Å². The highest BCUT2D eigenvalue weighted by Gasteiger charge is 2.22. The number of nitrogens with one attached hydrogen (secondary N) is 2. The van der Waals surface area contributed by atoms with Crippen LogP contribution in [0.15, 0.2) is 71.8 Å². The number of benzene rings is 3. The topological polar surface area (TPSA) is 63.1 Å². The Morgan fingerprint density at radius 3 is 2.44 bits per heavy atom. The van der Waals surface area contributed by atoms with E-state index < -0.39 is 15.8 Å². The Bertz CT molecular complexity index is 1390. The van der Waals surface area contributed by atoms with Gasteiger partial charge >= 0.3 is 0 Å². The van der Waals surface area contributed by atoms with Crippen molar-refractivity contribution >= 4 is 67.9 Å². The van der Waals surface area contributed by atoms with Crippen LogP contribution in [0, 0.1) is 5.82 Å². The molecule has 168 valence electrons. The average molecular weight is 515 g/mol. The van der Waals surface area contributed by atoms with E-state index in [1.165, 1.54) is 28.2 Å². The molecule has 5 nitrogen and oxygen atoms in total. The van der Waals surface area contributed by atoms with E-state index in [4.69, 9.17) is 23.2 Å². The summed E-state index contributed by atoms with van der Waals surface area (Å²) in [5.74, 6) is -0.509. The minimum atomic E-state index is -3.90. The van der Waals surface area contributed by atoms with Gasteiger partial charge in [0.2, 0.25) is 0 Å². The third-order valence-corrected chi connectivity index (χ3v) is 6.92. The van der Waals surface area contributed by atoms with E-state index in [0.29, 0.717) is 22.8 Å². The van der Waals surface area contributed by atoms with Gasteiger partial charge in [-0.3, -0.25) is 0 Å². The van der Waals surface area contributed by atoms with E-state index in [-0.39, 0.29) is 28.0 Å². The molecule has 32 heavy (non-hydrogen) atoms. The molecule has 1 heterocycles. The lowest BCUT2D eigenvalue weighted by atomic mass is 10.1. The molecule has 0 aliphatic rings. The SMILES string of the molecule is CNCc1cn(S(=O)(=O)c2cccc(Cl)c2)c2cc(Nc3ccc(Cl)cc3F)ccc12.Cl. The van der Waals surface area contributed by atoms with Crippen LogP contribution in [0.5, 0.6) is 0 Å². The minimum absolute atomic E-state index is 0. The van der Waals surface area contributed by atoms with Gasteiger partial charge in [0, 0.05) is 33.9 Å². The van der Waals surface area contributed by atoms with Crippen molar-refractivity contribution in [3.8, 4) is 0 Å². The molecule has 4 aromatic rings. The number of hydrogen-bond acceptors (Lipinski definition) is 4. The smallest absolute Gasteiger partial charge is 0.268 e. The summed E-state index contributed by atoms with van der Waals surface area (Å²) in [5.41, 5.74) is 2.04. The molecule has 0 saturated heterocycles. The van der Waals surface area contributed by atoms with Crippen molar-refractivity contribution in [1.82, 2.24) is 9.29 Å². The van der Waals surface area contributed by atoms with E-state index in [2.05, 4.69) is 10.6 Å². The summed E-state index contributed by atoms with van der Waals surface area (Å²) in [4.78, 5) is 0.0787.